The average molecular weight is 534 g/mol. The normalized spacial score (nSPS) is 16.7. The number of carbonyl (C=O) groups excluding carboxylic acids is 3. The van der Waals surface area contributed by atoms with Crippen molar-refractivity contribution in [1.82, 2.24) is 20.0 Å². The van der Waals surface area contributed by atoms with E-state index in [0.29, 0.717) is 24.5 Å². The van der Waals surface area contributed by atoms with Gasteiger partial charge in [0.2, 0.25) is 12.3 Å². The minimum Gasteiger partial charge on any atom is -0.462 e. The number of aromatic nitrogens is 2. The lowest BCUT2D eigenvalue weighted by Gasteiger charge is -2.35. The van der Waals surface area contributed by atoms with Gasteiger partial charge in [-0.2, -0.15) is 5.10 Å². The molecule has 9 heteroatoms. The van der Waals surface area contributed by atoms with Gasteiger partial charge in [-0.15, -0.1) is 0 Å². The van der Waals surface area contributed by atoms with Gasteiger partial charge in [0.25, 0.3) is 6.47 Å². The molecule has 2 aromatic carbocycles. The number of carbonyl (C=O) groups is 3. The summed E-state index contributed by atoms with van der Waals surface area (Å²) in [4.78, 5) is 35.8. The quantitative estimate of drug-likeness (QED) is 0.455. The van der Waals surface area contributed by atoms with Crippen molar-refractivity contribution in [2.75, 3.05) is 31.5 Å². The van der Waals surface area contributed by atoms with Gasteiger partial charge in [-0.3, -0.25) is 19.1 Å². The summed E-state index contributed by atoms with van der Waals surface area (Å²) in [6.07, 6.45) is 4.32. The molecule has 0 radical (unpaired) electrons. The lowest BCUT2D eigenvalue weighted by Crippen LogP contribution is -2.45. The fourth-order valence-corrected chi connectivity index (χ4v) is 5.25. The van der Waals surface area contributed by atoms with Gasteiger partial charge >= 0.3 is 0 Å². The van der Waals surface area contributed by atoms with E-state index < -0.39 is 0 Å². The molecule has 2 N–H and O–H groups in total. The van der Waals surface area contributed by atoms with Crippen molar-refractivity contribution in [1.29, 1.82) is 0 Å². The molecular weight excluding hydrogens is 494 g/mol. The van der Waals surface area contributed by atoms with Crippen molar-refractivity contribution in [2.24, 2.45) is 5.92 Å². The average Bonchev–Trinajstić information content (AvgIpc) is 3.34. The first-order valence-corrected chi connectivity index (χ1v) is 13.7. The Hall–Kier alpha value is -3.72. The zero-order chi connectivity index (χ0) is 27.8. The van der Waals surface area contributed by atoms with Crippen LogP contribution in [0.3, 0.4) is 0 Å². The van der Waals surface area contributed by atoms with Crippen LogP contribution in [0.15, 0.2) is 48.5 Å². The molecule has 208 valence electrons. The van der Waals surface area contributed by atoms with E-state index in [1.165, 1.54) is 0 Å². The number of hydrogen-bond acceptors (Lipinski definition) is 6. The highest BCUT2D eigenvalue weighted by Gasteiger charge is 2.31. The second kappa shape index (κ2) is 12.9. The number of fused-ring (bicyclic) bond motifs is 1. The predicted molar refractivity (Wildman–Crippen MR) is 152 cm³/mol. The Morgan fingerprint density at radius 3 is 2.28 bits per heavy atom. The Morgan fingerprint density at radius 1 is 1.00 bits per heavy atom. The smallest absolute Gasteiger partial charge is 0.293 e. The van der Waals surface area contributed by atoms with Gasteiger partial charge in [-0.05, 0) is 65.6 Å². The fraction of sp³-hybridized carbons (Fsp3) is 0.467. The molecule has 1 aromatic heterocycles. The molecule has 2 saturated heterocycles. The Kier molecular flexibility index (Phi) is 9.35. The molecule has 0 atom stereocenters. The largest absolute Gasteiger partial charge is 0.462 e. The number of anilines is 1. The summed E-state index contributed by atoms with van der Waals surface area (Å²) in [6, 6.07) is 16.4. The third-order valence-electron chi connectivity index (χ3n) is 7.20. The highest BCUT2D eigenvalue weighted by Crippen LogP contribution is 2.37. The van der Waals surface area contributed by atoms with Crippen molar-refractivity contribution in [3.8, 4) is 11.3 Å². The van der Waals surface area contributed by atoms with Crippen LogP contribution in [0.1, 0.15) is 52.5 Å². The standard InChI is InChI=1S/C25H29N5O2.C5H10O2/c31-17-27-22-8-4-7-21-23(22)28-30(24(21)18-5-2-1-3-6-18)20-11-15-29(16-12-20)25(32)19-9-13-26-14-10-19;1-5(2,3)7-4-6/h1-8,17,19-20,26H,9-16H2,(H,27,31);4H,1-3H3. The number of likely N-dealkylation sites (tertiary alicyclic amines) is 1. The van der Waals surface area contributed by atoms with Crippen LogP contribution in [0.2, 0.25) is 0 Å². The van der Waals surface area contributed by atoms with E-state index in [1.807, 2.05) is 51.1 Å². The maximum Gasteiger partial charge on any atom is 0.293 e. The Bertz CT molecular complexity index is 1250. The molecule has 0 unspecified atom stereocenters. The zero-order valence-electron chi connectivity index (χ0n) is 23.1. The Balaban J connectivity index is 0.000000448. The summed E-state index contributed by atoms with van der Waals surface area (Å²) < 4.78 is 6.68. The molecule has 2 aliphatic rings. The number of amides is 2. The van der Waals surface area contributed by atoms with Crippen LogP contribution < -0.4 is 10.6 Å². The minimum absolute atomic E-state index is 0.164. The SMILES string of the molecule is CC(C)(C)OC=O.O=CNc1cccc2c(-c3ccccc3)n(C3CCN(C(=O)C4CCNCC4)CC3)nc12. The van der Waals surface area contributed by atoms with Crippen molar-refractivity contribution >= 4 is 35.4 Å². The van der Waals surface area contributed by atoms with E-state index in [-0.39, 0.29) is 17.6 Å². The van der Waals surface area contributed by atoms with E-state index in [1.54, 1.807) is 0 Å². The van der Waals surface area contributed by atoms with Crippen molar-refractivity contribution in [3.05, 3.63) is 48.5 Å². The number of nitrogens with one attached hydrogen (secondary N) is 2. The fourth-order valence-electron chi connectivity index (χ4n) is 5.25. The summed E-state index contributed by atoms with van der Waals surface area (Å²) in [5, 5.41) is 12.1. The van der Waals surface area contributed by atoms with E-state index in [4.69, 9.17) is 5.10 Å². The van der Waals surface area contributed by atoms with E-state index in [2.05, 4.69) is 43.2 Å². The molecule has 3 aromatic rings. The molecule has 3 heterocycles. The topological polar surface area (TPSA) is 106 Å². The number of rotatable bonds is 6. The summed E-state index contributed by atoms with van der Waals surface area (Å²) in [5.41, 5.74) is 3.37. The van der Waals surface area contributed by atoms with Gasteiger partial charge in [0, 0.05) is 30.0 Å². The van der Waals surface area contributed by atoms with Gasteiger partial charge in [0.1, 0.15) is 11.1 Å². The molecule has 2 fully saturated rings. The first-order valence-electron chi connectivity index (χ1n) is 13.7. The van der Waals surface area contributed by atoms with E-state index in [9.17, 15) is 14.4 Å². The number of nitrogens with zero attached hydrogens (tertiary/aromatic N) is 3. The highest BCUT2D eigenvalue weighted by atomic mass is 16.5. The number of benzene rings is 2. The Labute approximate surface area is 229 Å². The van der Waals surface area contributed by atoms with Crippen LogP contribution in [0.5, 0.6) is 0 Å². The van der Waals surface area contributed by atoms with Gasteiger partial charge in [0.05, 0.1) is 17.4 Å². The predicted octanol–water partition coefficient (Wildman–Crippen LogP) is 4.39. The van der Waals surface area contributed by atoms with Crippen molar-refractivity contribution in [2.45, 2.75) is 58.1 Å². The summed E-state index contributed by atoms with van der Waals surface area (Å²) in [7, 11) is 0. The van der Waals surface area contributed by atoms with Crippen molar-refractivity contribution in [3.63, 3.8) is 0 Å². The second-order valence-corrected chi connectivity index (χ2v) is 11.0. The number of ether oxygens (including phenoxy) is 1. The first-order chi connectivity index (χ1) is 18.8. The molecule has 0 saturated carbocycles. The highest BCUT2D eigenvalue weighted by molar-refractivity contribution is 6.02. The summed E-state index contributed by atoms with van der Waals surface area (Å²) >= 11 is 0. The third kappa shape index (κ3) is 7.03. The van der Waals surface area contributed by atoms with Gasteiger partial charge < -0.3 is 20.3 Å². The molecule has 0 bridgehead atoms. The van der Waals surface area contributed by atoms with E-state index in [0.717, 1.165) is 74.0 Å². The van der Waals surface area contributed by atoms with Crippen LogP contribution in [0.4, 0.5) is 5.69 Å². The third-order valence-corrected chi connectivity index (χ3v) is 7.20. The molecule has 39 heavy (non-hydrogen) atoms. The molecule has 0 aliphatic carbocycles. The van der Waals surface area contributed by atoms with Gasteiger partial charge in [-0.1, -0.05) is 42.5 Å². The molecule has 0 spiro atoms. The second-order valence-electron chi connectivity index (χ2n) is 11.0. The number of piperidine rings is 2. The van der Waals surface area contributed by atoms with Crippen LogP contribution in [0.25, 0.3) is 22.2 Å². The molecule has 9 nitrogen and oxygen atoms in total. The van der Waals surface area contributed by atoms with Crippen LogP contribution in [0, 0.1) is 5.92 Å². The molecule has 5 rings (SSSR count). The lowest BCUT2D eigenvalue weighted by atomic mass is 9.94. The lowest BCUT2D eigenvalue weighted by molar-refractivity contribution is -0.139. The molecule has 2 aliphatic heterocycles. The van der Waals surface area contributed by atoms with Crippen molar-refractivity contribution < 1.29 is 19.1 Å². The first kappa shape index (κ1) is 28.3. The minimum atomic E-state index is -0.318. The van der Waals surface area contributed by atoms with E-state index >= 15 is 0 Å². The monoisotopic (exact) mass is 533 g/mol. The maximum atomic E-state index is 13.0. The van der Waals surface area contributed by atoms with Gasteiger partial charge in [-0.25, -0.2) is 0 Å². The van der Waals surface area contributed by atoms with Crippen LogP contribution in [-0.4, -0.2) is 65.2 Å². The molecular formula is C30H39N5O4. The number of hydrogen-bond donors (Lipinski definition) is 2. The van der Waals surface area contributed by atoms with Crippen LogP contribution in [-0.2, 0) is 19.1 Å². The van der Waals surface area contributed by atoms with Crippen LogP contribution >= 0.6 is 0 Å². The maximum absolute atomic E-state index is 13.0. The summed E-state index contributed by atoms with van der Waals surface area (Å²) in [5.74, 6) is 0.480. The Morgan fingerprint density at radius 2 is 1.69 bits per heavy atom. The molecule has 2 amide bonds. The van der Waals surface area contributed by atoms with Gasteiger partial charge in [0.15, 0.2) is 0 Å². The zero-order valence-corrected chi connectivity index (χ0v) is 23.1. The summed E-state index contributed by atoms with van der Waals surface area (Å²) in [6.45, 7) is 9.31.